The Morgan fingerprint density at radius 2 is 2.11 bits per heavy atom. The van der Waals surface area contributed by atoms with Crippen molar-refractivity contribution in [3.8, 4) is 11.3 Å². The van der Waals surface area contributed by atoms with Crippen molar-refractivity contribution in [2.45, 2.75) is 25.7 Å². The molecular weight excluding hydrogens is 242 g/mol. The third-order valence-electron chi connectivity index (χ3n) is 3.19. The molecule has 0 N–H and O–H groups in total. The van der Waals surface area contributed by atoms with E-state index in [1.807, 2.05) is 30.3 Å². The maximum absolute atomic E-state index is 12.1. The van der Waals surface area contributed by atoms with Crippen LogP contribution in [0.5, 0.6) is 0 Å². The largest absolute Gasteiger partial charge is 0.462 e. The van der Waals surface area contributed by atoms with Crippen LogP contribution >= 0.6 is 0 Å². The highest BCUT2D eigenvalue weighted by atomic mass is 16.5. The Morgan fingerprint density at radius 1 is 1.37 bits per heavy atom. The van der Waals surface area contributed by atoms with Crippen LogP contribution in [0.4, 0.5) is 0 Å². The molecule has 1 heterocycles. The van der Waals surface area contributed by atoms with Crippen LogP contribution in [0.15, 0.2) is 34.9 Å². The molecule has 0 aliphatic heterocycles. The summed E-state index contributed by atoms with van der Waals surface area (Å²) in [7, 11) is 0. The van der Waals surface area contributed by atoms with Gasteiger partial charge in [0.1, 0.15) is 11.3 Å². The lowest BCUT2D eigenvalue weighted by Crippen LogP contribution is -2.07. The monoisotopic (exact) mass is 257 g/mol. The number of esters is 1. The Labute approximate surface area is 111 Å². The summed E-state index contributed by atoms with van der Waals surface area (Å²) >= 11 is 0. The average Bonchev–Trinajstić information content (AvgIpc) is 3.18. The molecule has 1 fully saturated rings. The Morgan fingerprint density at radius 3 is 2.74 bits per heavy atom. The summed E-state index contributed by atoms with van der Waals surface area (Å²) in [4.78, 5) is 12.1. The highest BCUT2D eigenvalue weighted by molar-refractivity contribution is 5.97. The van der Waals surface area contributed by atoms with Crippen LogP contribution in [0.2, 0.25) is 0 Å². The van der Waals surface area contributed by atoms with Gasteiger partial charge >= 0.3 is 5.97 Å². The fourth-order valence-corrected chi connectivity index (χ4v) is 2.12. The van der Waals surface area contributed by atoms with Gasteiger partial charge in [-0.25, -0.2) is 4.79 Å². The summed E-state index contributed by atoms with van der Waals surface area (Å²) < 4.78 is 10.5. The molecule has 1 saturated carbocycles. The number of ether oxygens (including phenoxy) is 1. The van der Waals surface area contributed by atoms with E-state index in [9.17, 15) is 4.79 Å². The van der Waals surface area contributed by atoms with Crippen LogP contribution in [0.1, 0.15) is 41.8 Å². The van der Waals surface area contributed by atoms with Crippen molar-refractivity contribution in [2.75, 3.05) is 6.61 Å². The normalized spacial score (nSPS) is 14.4. The van der Waals surface area contributed by atoms with Gasteiger partial charge in [0, 0.05) is 11.5 Å². The molecule has 0 amide bonds. The van der Waals surface area contributed by atoms with Crippen molar-refractivity contribution in [1.82, 2.24) is 5.16 Å². The summed E-state index contributed by atoms with van der Waals surface area (Å²) in [6.45, 7) is 2.15. The number of carbonyl (C=O) groups excluding carboxylic acids is 1. The van der Waals surface area contributed by atoms with Gasteiger partial charge in [0.15, 0.2) is 5.76 Å². The minimum atomic E-state index is -0.343. The minimum Gasteiger partial charge on any atom is -0.462 e. The molecule has 4 nitrogen and oxygen atoms in total. The summed E-state index contributed by atoms with van der Waals surface area (Å²) in [5.74, 6) is 0.658. The molecule has 0 radical (unpaired) electrons. The lowest BCUT2D eigenvalue weighted by Gasteiger charge is -2.03. The second kappa shape index (κ2) is 4.88. The van der Waals surface area contributed by atoms with Gasteiger partial charge in [0.2, 0.25) is 0 Å². The van der Waals surface area contributed by atoms with E-state index in [2.05, 4.69) is 5.16 Å². The predicted octanol–water partition coefficient (Wildman–Crippen LogP) is 3.40. The van der Waals surface area contributed by atoms with Crippen molar-refractivity contribution in [3.63, 3.8) is 0 Å². The first-order valence-corrected chi connectivity index (χ1v) is 6.53. The summed E-state index contributed by atoms with van der Waals surface area (Å²) in [5.41, 5.74) is 1.96. The van der Waals surface area contributed by atoms with E-state index in [-0.39, 0.29) is 5.97 Å². The van der Waals surface area contributed by atoms with Crippen molar-refractivity contribution in [1.29, 1.82) is 0 Å². The van der Waals surface area contributed by atoms with Gasteiger partial charge < -0.3 is 9.26 Å². The molecule has 0 atom stereocenters. The van der Waals surface area contributed by atoms with Crippen LogP contribution in [-0.2, 0) is 4.74 Å². The van der Waals surface area contributed by atoms with E-state index in [1.165, 1.54) is 0 Å². The van der Waals surface area contributed by atoms with Gasteiger partial charge in [-0.15, -0.1) is 0 Å². The van der Waals surface area contributed by atoms with Crippen molar-refractivity contribution in [3.05, 3.63) is 41.7 Å². The third-order valence-corrected chi connectivity index (χ3v) is 3.19. The van der Waals surface area contributed by atoms with Gasteiger partial charge in [0.25, 0.3) is 0 Å². The van der Waals surface area contributed by atoms with Crippen LogP contribution in [-0.4, -0.2) is 17.7 Å². The molecule has 98 valence electrons. The van der Waals surface area contributed by atoms with Gasteiger partial charge in [-0.05, 0) is 19.8 Å². The second-order valence-electron chi connectivity index (χ2n) is 4.63. The number of hydrogen-bond donors (Lipinski definition) is 0. The quantitative estimate of drug-likeness (QED) is 0.788. The lowest BCUT2D eigenvalue weighted by atomic mass is 10.0. The van der Waals surface area contributed by atoms with Gasteiger partial charge in [0.05, 0.1) is 6.61 Å². The molecule has 0 saturated heterocycles. The van der Waals surface area contributed by atoms with Gasteiger partial charge in [-0.2, -0.15) is 0 Å². The highest BCUT2D eigenvalue weighted by Gasteiger charge is 2.35. The molecule has 4 heteroatoms. The van der Waals surface area contributed by atoms with E-state index < -0.39 is 0 Å². The minimum absolute atomic E-state index is 0.323. The summed E-state index contributed by atoms with van der Waals surface area (Å²) in [5, 5.41) is 4.08. The van der Waals surface area contributed by atoms with Gasteiger partial charge in [-0.3, -0.25) is 0 Å². The molecule has 1 aliphatic rings. The third kappa shape index (κ3) is 2.26. The van der Waals surface area contributed by atoms with E-state index in [4.69, 9.17) is 9.26 Å². The summed E-state index contributed by atoms with van der Waals surface area (Å²) in [6.07, 6.45) is 2.10. The molecular formula is C15H15NO3. The topological polar surface area (TPSA) is 52.3 Å². The first kappa shape index (κ1) is 12.0. The Balaban J connectivity index is 2.07. The highest BCUT2D eigenvalue weighted by Crippen LogP contribution is 2.44. The van der Waals surface area contributed by atoms with Crippen LogP contribution in [0.3, 0.4) is 0 Å². The maximum Gasteiger partial charge on any atom is 0.344 e. The predicted molar refractivity (Wildman–Crippen MR) is 69.9 cm³/mol. The number of aromatic nitrogens is 1. The fourth-order valence-electron chi connectivity index (χ4n) is 2.12. The Kier molecular flexibility index (Phi) is 3.07. The standard InChI is InChI=1S/C15H15NO3/c1-2-18-15(17)12-13(10-6-4-3-5-7-10)16-19-14(12)11-8-9-11/h3-7,11H,2,8-9H2,1H3. The zero-order valence-corrected chi connectivity index (χ0v) is 10.8. The molecule has 3 rings (SSSR count). The van der Waals surface area contributed by atoms with Crippen LogP contribution in [0, 0.1) is 0 Å². The van der Waals surface area contributed by atoms with Crippen molar-refractivity contribution >= 4 is 5.97 Å². The molecule has 1 aromatic carbocycles. The van der Waals surface area contributed by atoms with E-state index in [0.717, 1.165) is 18.4 Å². The number of benzene rings is 1. The maximum atomic E-state index is 12.1. The Bertz CT molecular complexity index is 585. The van der Waals surface area contributed by atoms with Crippen molar-refractivity contribution in [2.24, 2.45) is 0 Å². The summed E-state index contributed by atoms with van der Waals surface area (Å²) in [6, 6.07) is 9.58. The van der Waals surface area contributed by atoms with Gasteiger partial charge in [-0.1, -0.05) is 35.5 Å². The molecule has 0 spiro atoms. The van der Waals surface area contributed by atoms with E-state index in [1.54, 1.807) is 6.92 Å². The molecule has 0 unspecified atom stereocenters. The molecule has 1 aliphatic carbocycles. The smallest absolute Gasteiger partial charge is 0.344 e. The number of carbonyl (C=O) groups is 1. The fraction of sp³-hybridized carbons (Fsp3) is 0.333. The molecule has 2 aromatic rings. The van der Waals surface area contributed by atoms with Crippen LogP contribution in [0.25, 0.3) is 11.3 Å². The zero-order valence-electron chi connectivity index (χ0n) is 10.8. The lowest BCUT2D eigenvalue weighted by molar-refractivity contribution is 0.0524. The van der Waals surface area contributed by atoms with E-state index in [0.29, 0.717) is 29.5 Å². The van der Waals surface area contributed by atoms with Crippen molar-refractivity contribution < 1.29 is 14.1 Å². The van der Waals surface area contributed by atoms with Crippen LogP contribution < -0.4 is 0 Å². The number of rotatable bonds is 4. The molecule has 19 heavy (non-hydrogen) atoms. The Hall–Kier alpha value is -2.10. The first-order chi connectivity index (χ1) is 9.31. The molecule has 0 bridgehead atoms. The second-order valence-corrected chi connectivity index (χ2v) is 4.63. The number of hydrogen-bond acceptors (Lipinski definition) is 4. The SMILES string of the molecule is CCOC(=O)c1c(-c2ccccc2)noc1C1CC1. The first-order valence-electron chi connectivity index (χ1n) is 6.53. The van der Waals surface area contributed by atoms with E-state index >= 15 is 0 Å². The number of nitrogens with zero attached hydrogens (tertiary/aromatic N) is 1. The zero-order chi connectivity index (χ0) is 13.2. The average molecular weight is 257 g/mol. The molecule has 1 aromatic heterocycles.